The SMILES string of the molecule is OC1CCCN(S)C1. The van der Waals surface area contributed by atoms with Gasteiger partial charge in [-0.25, -0.2) is 0 Å². The molecular formula is C5H11NOS. The van der Waals surface area contributed by atoms with Gasteiger partial charge in [0.15, 0.2) is 0 Å². The maximum absolute atomic E-state index is 8.99. The molecule has 0 aromatic carbocycles. The highest BCUT2D eigenvalue weighted by atomic mass is 32.1. The van der Waals surface area contributed by atoms with E-state index < -0.39 is 0 Å². The summed E-state index contributed by atoms with van der Waals surface area (Å²) in [7, 11) is 0. The zero-order chi connectivity index (χ0) is 5.98. The number of thiol groups is 1. The minimum absolute atomic E-state index is 0.138. The number of aliphatic hydroxyl groups excluding tert-OH is 1. The lowest BCUT2D eigenvalue weighted by Crippen LogP contribution is -2.31. The Bertz CT molecular complexity index is 70.8. The molecule has 0 bridgehead atoms. The summed E-state index contributed by atoms with van der Waals surface area (Å²) in [4.78, 5) is 0. The Morgan fingerprint density at radius 1 is 1.62 bits per heavy atom. The molecule has 48 valence electrons. The van der Waals surface area contributed by atoms with Crippen molar-refractivity contribution in [1.82, 2.24) is 4.31 Å². The van der Waals surface area contributed by atoms with Crippen LogP contribution in [0.2, 0.25) is 0 Å². The fourth-order valence-electron chi connectivity index (χ4n) is 0.935. The first-order chi connectivity index (χ1) is 3.79. The molecular weight excluding hydrogens is 122 g/mol. The molecule has 0 aromatic rings. The zero-order valence-corrected chi connectivity index (χ0v) is 5.64. The number of aliphatic hydroxyl groups is 1. The summed E-state index contributed by atoms with van der Waals surface area (Å²) < 4.78 is 1.86. The minimum atomic E-state index is -0.138. The summed E-state index contributed by atoms with van der Waals surface area (Å²) in [6.45, 7) is 1.74. The fraction of sp³-hybridized carbons (Fsp3) is 1.00. The van der Waals surface area contributed by atoms with E-state index in [0.29, 0.717) is 0 Å². The highest BCUT2D eigenvalue weighted by molar-refractivity contribution is 7.77. The van der Waals surface area contributed by atoms with Crippen LogP contribution in [0.3, 0.4) is 0 Å². The lowest BCUT2D eigenvalue weighted by Gasteiger charge is -2.24. The Morgan fingerprint density at radius 3 is 2.75 bits per heavy atom. The molecule has 1 unspecified atom stereocenters. The maximum Gasteiger partial charge on any atom is 0.0676 e. The Hall–Kier alpha value is 0.270. The van der Waals surface area contributed by atoms with Crippen LogP contribution in [0.1, 0.15) is 12.8 Å². The van der Waals surface area contributed by atoms with Crippen molar-refractivity contribution in [2.75, 3.05) is 13.1 Å². The van der Waals surface area contributed by atoms with Crippen LogP contribution in [0.15, 0.2) is 0 Å². The van der Waals surface area contributed by atoms with Gasteiger partial charge in [-0.3, -0.25) is 4.31 Å². The number of rotatable bonds is 0. The van der Waals surface area contributed by atoms with Gasteiger partial charge in [0.25, 0.3) is 0 Å². The highest BCUT2D eigenvalue weighted by Crippen LogP contribution is 2.10. The molecule has 2 nitrogen and oxygen atoms in total. The van der Waals surface area contributed by atoms with Crippen LogP contribution in [0, 0.1) is 0 Å². The van der Waals surface area contributed by atoms with Gasteiger partial charge in [-0.2, -0.15) is 0 Å². The van der Waals surface area contributed by atoms with Gasteiger partial charge in [0.2, 0.25) is 0 Å². The number of nitrogens with zero attached hydrogens (tertiary/aromatic N) is 1. The van der Waals surface area contributed by atoms with Crippen molar-refractivity contribution in [2.24, 2.45) is 0 Å². The van der Waals surface area contributed by atoms with Gasteiger partial charge in [0.05, 0.1) is 6.10 Å². The topological polar surface area (TPSA) is 23.5 Å². The average molecular weight is 133 g/mol. The number of hydrogen-bond acceptors (Lipinski definition) is 3. The van der Waals surface area contributed by atoms with Crippen molar-refractivity contribution in [3.63, 3.8) is 0 Å². The molecule has 1 aliphatic heterocycles. The molecule has 1 heterocycles. The van der Waals surface area contributed by atoms with Gasteiger partial charge in [-0.05, 0) is 12.8 Å². The number of β-amino-alcohol motifs (C(OH)–C–C–N with tert-alkyl or cyclic N) is 1. The molecule has 1 atom stereocenters. The van der Waals surface area contributed by atoms with E-state index in [0.717, 1.165) is 25.9 Å². The van der Waals surface area contributed by atoms with Crippen LogP contribution < -0.4 is 0 Å². The van der Waals surface area contributed by atoms with Crippen molar-refractivity contribution >= 4 is 12.8 Å². The number of hydrogen-bond donors (Lipinski definition) is 2. The summed E-state index contributed by atoms with van der Waals surface area (Å²) in [6, 6.07) is 0. The molecule has 1 rings (SSSR count). The first-order valence-electron chi connectivity index (χ1n) is 2.91. The molecule has 1 fully saturated rings. The predicted octanol–water partition coefficient (Wildman–Crippen LogP) is 0.288. The summed E-state index contributed by atoms with van der Waals surface area (Å²) in [6.07, 6.45) is 1.88. The van der Waals surface area contributed by atoms with Crippen LogP contribution in [-0.2, 0) is 0 Å². The standard InChI is InChI=1S/C5H11NOS/c7-5-2-1-3-6(8)4-5/h5,7-8H,1-4H2. The predicted molar refractivity (Wildman–Crippen MR) is 35.8 cm³/mol. The lowest BCUT2D eigenvalue weighted by atomic mass is 10.1. The Labute approximate surface area is 55.0 Å². The van der Waals surface area contributed by atoms with E-state index in [-0.39, 0.29) is 6.10 Å². The van der Waals surface area contributed by atoms with E-state index in [1.165, 1.54) is 0 Å². The number of piperidine rings is 1. The second-order valence-corrected chi connectivity index (χ2v) is 2.77. The summed E-state index contributed by atoms with van der Waals surface area (Å²) >= 11 is 4.09. The summed E-state index contributed by atoms with van der Waals surface area (Å²) in [5.74, 6) is 0. The largest absolute Gasteiger partial charge is 0.392 e. The molecule has 0 radical (unpaired) electrons. The first-order valence-corrected chi connectivity index (χ1v) is 3.31. The second-order valence-electron chi connectivity index (χ2n) is 2.21. The lowest BCUT2D eigenvalue weighted by molar-refractivity contribution is 0.113. The van der Waals surface area contributed by atoms with Crippen LogP contribution in [0.5, 0.6) is 0 Å². The Kier molecular flexibility index (Phi) is 2.16. The van der Waals surface area contributed by atoms with Crippen molar-refractivity contribution in [2.45, 2.75) is 18.9 Å². The van der Waals surface area contributed by atoms with E-state index in [2.05, 4.69) is 12.8 Å². The second kappa shape index (κ2) is 2.71. The van der Waals surface area contributed by atoms with Gasteiger partial charge in [0.1, 0.15) is 0 Å². The third-order valence-electron chi connectivity index (χ3n) is 1.38. The highest BCUT2D eigenvalue weighted by Gasteiger charge is 2.13. The van der Waals surface area contributed by atoms with Gasteiger partial charge in [-0.1, -0.05) is 12.8 Å². The van der Waals surface area contributed by atoms with Crippen LogP contribution in [0.4, 0.5) is 0 Å². The fourth-order valence-corrected chi connectivity index (χ4v) is 1.27. The van der Waals surface area contributed by atoms with E-state index >= 15 is 0 Å². The van der Waals surface area contributed by atoms with Gasteiger partial charge < -0.3 is 5.11 Å². The van der Waals surface area contributed by atoms with E-state index in [9.17, 15) is 0 Å². The molecule has 3 heteroatoms. The minimum Gasteiger partial charge on any atom is -0.392 e. The normalized spacial score (nSPS) is 33.0. The average Bonchev–Trinajstić information content (AvgIpc) is 1.64. The zero-order valence-electron chi connectivity index (χ0n) is 4.75. The Balaban J connectivity index is 2.23. The summed E-state index contributed by atoms with van der Waals surface area (Å²) in [5, 5.41) is 8.99. The van der Waals surface area contributed by atoms with Gasteiger partial charge in [0, 0.05) is 13.1 Å². The van der Waals surface area contributed by atoms with Crippen LogP contribution in [0.25, 0.3) is 0 Å². The monoisotopic (exact) mass is 133 g/mol. The third-order valence-corrected chi connectivity index (χ3v) is 1.74. The molecule has 1 saturated heterocycles. The molecule has 0 spiro atoms. The van der Waals surface area contributed by atoms with Crippen molar-refractivity contribution < 1.29 is 5.11 Å². The van der Waals surface area contributed by atoms with Crippen molar-refractivity contribution in [3.05, 3.63) is 0 Å². The molecule has 1 aliphatic rings. The van der Waals surface area contributed by atoms with Gasteiger partial charge in [-0.15, -0.1) is 0 Å². The van der Waals surface area contributed by atoms with E-state index in [1.807, 2.05) is 4.31 Å². The first kappa shape index (κ1) is 6.39. The van der Waals surface area contributed by atoms with Crippen LogP contribution >= 0.6 is 12.8 Å². The quantitative estimate of drug-likeness (QED) is 0.464. The van der Waals surface area contributed by atoms with Crippen LogP contribution in [-0.4, -0.2) is 28.6 Å². The summed E-state index contributed by atoms with van der Waals surface area (Å²) in [5.41, 5.74) is 0. The maximum atomic E-state index is 8.99. The molecule has 0 saturated carbocycles. The van der Waals surface area contributed by atoms with Crippen molar-refractivity contribution in [1.29, 1.82) is 0 Å². The Morgan fingerprint density at radius 2 is 2.38 bits per heavy atom. The molecule has 0 amide bonds. The van der Waals surface area contributed by atoms with E-state index in [4.69, 9.17) is 5.11 Å². The smallest absolute Gasteiger partial charge is 0.0676 e. The molecule has 1 N–H and O–H groups in total. The third kappa shape index (κ3) is 1.65. The van der Waals surface area contributed by atoms with Gasteiger partial charge >= 0.3 is 0 Å². The van der Waals surface area contributed by atoms with E-state index in [1.54, 1.807) is 0 Å². The molecule has 8 heavy (non-hydrogen) atoms. The molecule has 0 aromatic heterocycles. The molecule has 0 aliphatic carbocycles. The van der Waals surface area contributed by atoms with Crippen molar-refractivity contribution in [3.8, 4) is 0 Å².